The van der Waals surface area contributed by atoms with Crippen molar-refractivity contribution in [3.63, 3.8) is 0 Å². The van der Waals surface area contributed by atoms with Gasteiger partial charge in [0.25, 0.3) is 0 Å². The Kier molecular flexibility index (Phi) is 4.85. The van der Waals surface area contributed by atoms with Crippen LogP contribution in [0, 0.1) is 6.92 Å². The Morgan fingerprint density at radius 3 is 2.78 bits per heavy atom. The summed E-state index contributed by atoms with van der Waals surface area (Å²) in [5.41, 5.74) is 6.29. The van der Waals surface area contributed by atoms with Crippen LogP contribution >= 0.6 is 0 Å². The monoisotopic (exact) mass is 275 g/mol. The molecule has 0 saturated heterocycles. The van der Waals surface area contributed by atoms with E-state index in [0.717, 1.165) is 11.9 Å². The molecule has 0 aliphatic rings. The maximum atomic E-state index is 11.5. The highest BCUT2D eigenvalue weighted by atomic mass is 32.2. The number of aromatic nitrogens is 1. The molecule has 8 heteroatoms. The first-order valence-electron chi connectivity index (χ1n) is 5.41. The average molecular weight is 275 g/mol. The van der Waals surface area contributed by atoms with Gasteiger partial charge in [-0.25, -0.2) is 8.42 Å². The molecule has 1 aromatic heterocycles. The van der Waals surface area contributed by atoms with Gasteiger partial charge in [0.2, 0.25) is 5.91 Å². The number of amides is 1. The molecule has 0 saturated carbocycles. The summed E-state index contributed by atoms with van der Waals surface area (Å²) in [5, 5.41) is 6.23. The molecule has 1 atom stereocenters. The number of hydrogen-bond donors (Lipinski definition) is 2. The summed E-state index contributed by atoms with van der Waals surface area (Å²) in [4.78, 5) is 11.5. The van der Waals surface area contributed by atoms with Gasteiger partial charge < -0.3 is 15.6 Å². The largest absolute Gasteiger partial charge is 0.359 e. The van der Waals surface area contributed by atoms with E-state index in [-0.39, 0.29) is 18.7 Å². The van der Waals surface area contributed by atoms with E-state index in [1.807, 2.05) is 0 Å². The van der Waals surface area contributed by atoms with Gasteiger partial charge in [-0.05, 0) is 13.3 Å². The van der Waals surface area contributed by atoms with Crippen molar-refractivity contribution in [2.24, 2.45) is 5.73 Å². The minimum atomic E-state index is -3.10. The van der Waals surface area contributed by atoms with Crippen LogP contribution in [0.15, 0.2) is 10.6 Å². The first-order chi connectivity index (χ1) is 8.28. The quantitative estimate of drug-likeness (QED) is 0.713. The van der Waals surface area contributed by atoms with Crippen LogP contribution in [0.25, 0.3) is 0 Å². The van der Waals surface area contributed by atoms with Crippen LogP contribution in [0.4, 0.5) is 0 Å². The second-order valence-electron chi connectivity index (χ2n) is 4.18. The van der Waals surface area contributed by atoms with E-state index in [0.29, 0.717) is 5.76 Å². The number of carbonyl (C=O) groups excluding carboxylic acids is 1. The van der Waals surface area contributed by atoms with Crippen LogP contribution in [-0.4, -0.2) is 37.5 Å². The Morgan fingerprint density at radius 1 is 1.61 bits per heavy atom. The molecule has 1 rings (SSSR count). The Morgan fingerprint density at radius 2 is 2.28 bits per heavy atom. The predicted octanol–water partition coefficient (Wildman–Crippen LogP) is -0.639. The number of nitrogens with two attached hydrogens (primary N) is 1. The van der Waals surface area contributed by atoms with E-state index < -0.39 is 21.8 Å². The van der Waals surface area contributed by atoms with Crippen molar-refractivity contribution in [1.82, 2.24) is 10.5 Å². The van der Waals surface area contributed by atoms with Crippen molar-refractivity contribution in [3.05, 3.63) is 17.5 Å². The lowest BCUT2D eigenvalue weighted by Gasteiger charge is -2.10. The van der Waals surface area contributed by atoms with Crippen LogP contribution in [-0.2, 0) is 21.2 Å². The standard InChI is InChI=1S/C10H17N3O4S/c1-7-5-8(17-13-7)6-12-10(14)9(11)3-4-18(2,15)16/h5,9H,3-4,6,11H2,1-2H3,(H,12,14). The maximum absolute atomic E-state index is 11.5. The SMILES string of the molecule is Cc1cc(CNC(=O)C(N)CCS(C)(=O)=O)on1. The van der Waals surface area contributed by atoms with Gasteiger partial charge in [-0.1, -0.05) is 5.16 Å². The van der Waals surface area contributed by atoms with E-state index in [1.165, 1.54) is 0 Å². The van der Waals surface area contributed by atoms with Crippen molar-refractivity contribution in [1.29, 1.82) is 0 Å². The lowest BCUT2D eigenvalue weighted by molar-refractivity contribution is -0.122. The smallest absolute Gasteiger partial charge is 0.237 e. The van der Waals surface area contributed by atoms with Gasteiger partial charge in [-0.2, -0.15) is 0 Å². The fourth-order valence-corrected chi connectivity index (χ4v) is 1.96. The molecule has 0 spiro atoms. The Balaban J connectivity index is 2.36. The molecule has 0 aliphatic heterocycles. The highest BCUT2D eigenvalue weighted by Gasteiger charge is 2.16. The molecule has 1 aromatic rings. The summed E-state index contributed by atoms with van der Waals surface area (Å²) < 4.78 is 26.8. The highest BCUT2D eigenvalue weighted by molar-refractivity contribution is 7.90. The summed E-state index contributed by atoms with van der Waals surface area (Å²) in [5.74, 6) is 0.00656. The van der Waals surface area contributed by atoms with Gasteiger partial charge >= 0.3 is 0 Å². The molecule has 1 heterocycles. The topological polar surface area (TPSA) is 115 Å². The molecule has 3 N–H and O–H groups in total. The van der Waals surface area contributed by atoms with Gasteiger partial charge in [-0.15, -0.1) is 0 Å². The van der Waals surface area contributed by atoms with Gasteiger partial charge in [0.05, 0.1) is 24.0 Å². The summed E-state index contributed by atoms with van der Waals surface area (Å²) in [7, 11) is -3.10. The number of nitrogens with zero attached hydrogens (tertiary/aromatic N) is 1. The van der Waals surface area contributed by atoms with Gasteiger partial charge in [0, 0.05) is 12.3 Å². The lowest BCUT2D eigenvalue weighted by Crippen LogP contribution is -2.41. The molecule has 0 aliphatic carbocycles. The van der Waals surface area contributed by atoms with Crippen LogP contribution in [0.2, 0.25) is 0 Å². The van der Waals surface area contributed by atoms with Gasteiger partial charge in [0.1, 0.15) is 9.84 Å². The zero-order valence-electron chi connectivity index (χ0n) is 10.3. The molecular weight excluding hydrogens is 258 g/mol. The molecule has 0 bridgehead atoms. The second kappa shape index (κ2) is 5.96. The third-order valence-corrected chi connectivity index (χ3v) is 3.23. The summed E-state index contributed by atoms with van der Waals surface area (Å²) >= 11 is 0. The Labute approximate surface area is 106 Å². The second-order valence-corrected chi connectivity index (χ2v) is 6.44. The molecule has 0 radical (unpaired) electrons. The minimum absolute atomic E-state index is 0.0973. The molecule has 18 heavy (non-hydrogen) atoms. The predicted molar refractivity (Wildman–Crippen MR) is 65.4 cm³/mol. The normalized spacial score (nSPS) is 13.3. The fourth-order valence-electron chi connectivity index (χ4n) is 1.28. The third kappa shape index (κ3) is 5.28. The summed E-state index contributed by atoms with van der Waals surface area (Å²) in [6, 6.07) is 0.853. The first kappa shape index (κ1) is 14.7. The Hall–Kier alpha value is -1.41. The van der Waals surface area contributed by atoms with Gasteiger partial charge in [0.15, 0.2) is 5.76 Å². The van der Waals surface area contributed by atoms with E-state index in [9.17, 15) is 13.2 Å². The third-order valence-electron chi connectivity index (χ3n) is 2.25. The zero-order chi connectivity index (χ0) is 13.8. The van der Waals surface area contributed by atoms with Crippen LogP contribution in [0.3, 0.4) is 0 Å². The zero-order valence-corrected chi connectivity index (χ0v) is 11.2. The summed E-state index contributed by atoms with van der Waals surface area (Å²) in [6.45, 7) is 1.96. The van der Waals surface area contributed by atoms with Gasteiger partial charge in [-0.3, -0.25) is 4.79 Å². The van der Waals surface area contributed by atoms with E-state index in [1.54, 1.807) is 13.0 Å². The number of hydrogen-bond acceptors (Lipinski definition) is 6. The molecular formula is C10H17N3O4S. The lowest BCUT2D eigenvalue weighted by atomic mass is 10.2. The van der Waals surface area contributed by atoms with Crippen LogP contribution in [0.1, 0.15) is 17.9 Å². The highest BCUT2D eigenvalue weighted by Crippen LogP contribution is 2.01. The molecule has 102 valence electrons. The number of rotatable bonds is 6. The maximum Gasteiger partial charge on any atom is 0.237 e. The average Bonchev–Trinajstić information content (AvgIpc) is 2.67. The van der Waals surface area contributed by atoms with Crippen molar-refractivity contribution < 1.29 is 17.7 Å². The van der Waals surface area contributed by atoms with Crippen molar-refractivity contribution in [3.8, 4) is 0 Å². The van der Waals surface area contributed by atoms with Crippen molar-refractivity contribution in [2.45, 2.75) is 25.9 Å². The fraction of sp³-hybridized carbons (Fsp3) is 0.600. The first-order valence-corrected chi connectivity index (χ1v) is 7.47. The van der Waals surface area contributed by atoms with E-state index >= 15 is 0 Å². The van der Waals surface area contributed by atoms with E-state index in [2.05, 4.69) is 10.5 Å². The van der Waals surface area contributed by atoms with Crippen LogP contribution in [0.5, 0.6) is 0 Å². The number of nitrogens with one attached hydrogen (secondary N) is 1. The van der Waals surface area contributed by atoms with Crippen molar-refractivity contribution in [2.75, 3.05) is 12.0 Å². The molecule has 0 aromatic carbocycles. The van der Waals surface area contributed by atoms with Crippen molar-refractivity contribution >= 4 is 15.7 Å². The minimum Gasteiger partial charge on any atom is -0.359 e. The molecule has 1 unspecified atom stereocenters. The number of sulfone groups is 1. The number of carbonyl (C=O) groups is 1. The molecule has 7 nitrogen and oxygen atoms in total. The summed E-state index contributed by atoms with van der Waals surface area (Å²) in [6.07, 6.45) is 1.20. The van der Waals surface area contributed by atoms with Crippen LogP contribution < -0.4 is 11.1 Å². The van der Waals surface area contributed by atoms with E-state index in [4.69, 9.17) is 10.3 Å². The number of aryl methyl sites for hydroxylation is 1. The Bertz CT molecular complexity index is 509. The molecule has 0 fully saturated rings. The molecule has 1 amide bonds.